The van der Waals surface area contributed by atoms with Crippen LogP contribution in [0.25, 0.3) is 0 Å². The smallest absolute Gasteiger partial charge is 0.0176 e. The van der Waals surface area contributed by atoms with Crippen LogP contribution < -0.4 is 0 Å². The summed E-state index contributed by atoms with van der Waals surface area (Å²) in [4.78, 5) is 3.85. The van der Waals surface area contributed by atoms with Gasteiger partial charge >= 0.3 is 0 Å². The van der Waals surface area contributed by atoms with E-state index in [1.165, 1.54) is 14.7 Å². The molecule has 2 aromatic rings. The van der Waals surface area contributed by atoms with Gasteiger partial charge in [0.25, 0.3) is 0 Å². The Morgan fingerprint density at radius 2 is 1.19 bits per heavy atom. The first kappa shape index (κ1) is 12.1. The molecular formula is C13H11BrS2. The van der Waals surface area contributed by atoms with Gasteiger partial charge in [-0.2, -0.15) is 0 Å². The maximum atomic E-state index is 3.44. The molecule has 0 radical (unpaired) electrons. The Morgan fingerprint density at radius 1 is 0.750 bits per heavy atom. The first-order chi connectivity index (χ1) is 7.78. The summed E-state index contributed by atoms with van der Waals surface area (Å²) in [7, 11) is 0. The Kier molecular flexibility index (Phi) is 4.38. The lowest BCUT2D eigenvalue weighted by Crippen LogP contribution is -1.74. The minimum atomic E-state index is 1.12. The summed E-state index contributed by atoms with van der Waals surface area (Å²) in [5.41, 5.74) is 0. The summed E-state index contributed by atoms with van der Waals surface area (Å²) in [6.45, 7) is 0. The van der Waals surface area contributed by atoms with Gasteiger partial charge in [0.2, 0.25) is 0 Å². The molecule has 0 aliphatic heterocycles. The van der Waals surface area contributed by atoms with Crippen molar-refractivity contribution >= 4 is 39.5 Å². The fraction of sp³-hybridized carbons (Fsp3) is 0.0769. The average Bonchev–Trinajstić information content (AvgIpc) is 2.33. The fourth-order valence-electron chi connectivity index (χ4n) is 1.28. The number of benzene rings is 2. The molecule has 0 nitrogen and oxygen atoms in total. The zero-order valence-electron chi connectivity index (χ0n) is 8.81. The number of rotatable bonds is 3. The SMILES string of the molecule is CSc1ccc(Sc2ccc(Br)cc2)cc1. The van der Waals surface area contributed by atoms with Gasteiger partial charge in [0.05, 0.1) is 0 Å². The molecule has 16 heavy (non-hydrogen) atoms. The highest BCUT2D eigenvalue weighted by Gasteiger charge is 1.97. The first-order valence-corrected chi connectivity index (χ1v) is 7.69. The topological polar surface area (TPSA) is 0 Å². The Bertz CT molecular complexity index is 448. The summed E-state index contributed by atoms with van der Waals surface area (Å²) in [5, 5.41) is 0. The molecule has 0 amide bonds. The van der Waals surface area contributed by atoms with Crippen molar-refractivity contribution in [2.75, 3.05) is 6.26 Å². The van der Waals surface area contributed by atoms with E-state index in [9.17, 15) is 0 Å². The third kappa shape index (κ3) is 3.30. The lowest BCUT2D eigenvalue weighted by Gasteiger charge is -2.02. The van der Waals surface area contributed by atoms with Crippen LogP contribution in [-0.4, -0.2) is 6.26 Å². The summed E-state index contributed by atoms with van der Waals surface area (Å²) in [6, 6.07) is 17.0. The Hall–Kier alpha value is -0.380. The van der Waals surface area contributed by atoms with E-state index in [4.69, 9.17) is 0 Å². The van der Waals surface area contributed by atoms with Gasteiger partial charge < -0.3 is 0 Å². The molecular weight excluding hydrogens is 300 g/mol. The second-order valence-electron chi connectivity index (χ2n) is 3.23. The highest BCUT2D eigenvalue weighted by molar-refractivity contribution is 9.10. The fourth-order valence-corrected chi connectivity index (χ4v) is 2.77. The van der Waals surface area contributed by atoms with E-state index in [0.29, 0.717) is 0 Å². The molecule has 0 aromatic heterocycles. The van der Waals surface area contributed by atoms with Gasteiger partial charge in [-0.15, -0.1) is 11.8 Å². The maximum Gasteiger partial charge on any atom is 0.0176 e. The average molecular weight is 311 g/mol. The minimum absolute atomic E-state index is 1.12. The normalized spacial score (nSPS) is 10.4. The van der Waals surface area contributed by atoms with Crippen LogP contribution in [0.2, 0.25) is 0 Å². The van der Waals surface area contributed by atoms with Crippen LogP contribution in [0, 0.1) is 0 Å². The molecule has 0 unspecified atom stereocenters. The molecule has 0 N–H and O–H groups in total. The molecule has 82 valence electrons. The minimum Gasteiger partial charge on any atom is -0.130 e. The zero-order valence-corrected chi connectivity index (χ0v) is 12.0. The molecule has 0 heterocycles. The molecule has 0 atom stereocenters. The van der Waals surface area contributed by atoms with Gasteiger partial charge in [-0.1, -0.05) is 27.7 Å². The highest BCUT2D eigenvalue weighted by Crippen LogP contribution is 2.29. The van der Waals surface area contributed by atoms with Gasteiger partial charge in [0, 0.05) is 19.2 Å². The Balaban J connectivity index is 2.11. The van der Waals surface area contributed by atoms with Crippen molar-refractivity contribution in [3.05, 3.63) is 53.0 Å². The highest BCUT2D eigenvalue weighted by atomic mass is 79.9. The molecule has 0 fully saturated rings. The van der Waals surface area contributed by atoms with Crippen molar-refractivity contribution in [1.82, 2.24) is 0 Å². The largest absolute Gasteiger partial charge is 0.130 e. The van der Waals surface area contributed by atoms with Crippen LogP contribution >= 0.6 is 39.5 Å². The second-order valence-corrected chi connectivity index (χ2v) is 6.17. The molecule has 0 bridgehead atoms. The number of halogens is 1. The second kappa shape index (κ2) is 5.80. The molecule has 0 aliphatic rings. The number of hydrogen-bond donors (Lipinski definition) is 0. The molecule has 2 rings (SSSR count). The van der Waals surface area contributed by atoms with Gasteiger partial charge in [0.15, 0.2) is 0 Å². The van der Waals surface area contributed by atoms with Crippen LogP contribution in [0.3, 0.4) is 0 Å². The van der Waals surface area contributed by atoms with Crippen molar-refractivity contribution in [2.24, 2.45) is 0 Å². The summed E-state index contributed by atoms with van der Waals surface area (Å²) >= 11 is 6.99. The van der Waals surface area contributed by atoms with E-state index in [1.807, 2.05) is 0 Å². The summed E-state index contributed by atoms with van der Waals surface area (Å²) in [5.74, 6) is 0. The van der Waals surface area contributed by atoms with Crippen LogP contribution in [-0.2, 0) is 0 Å². The lowest BCUT2D eigenvalue weighted by atomic mass is 10.4. The van der Waals surface area contributed by atoms with E-state index < -0.39 is 0 Å². The van der Waals surface area contributed by atoms with Gasteiger partial charge in [-0.05, 0) is 54.8 Å². The third-order valence-electron chi connectivity index (χ3n) is 2.11. The Morgan fingerprint density at radius 3 is 1.69 bits per heavy atom. The zero-order chi connectivity index (χ0) is 11.4. The predicted molar refractivity (Wildman–Crippen MR) is 76.5 cm³/mol. The number of hydrogen-bond acceptors (Lipinski definition) is 2. The summed E-state index contributed by atoms with van der Waals surface area (Å²) < 4.78 is 1.12. The molecule has 0 saturated carbocycles. The lowest BCUT2D eigenvalue weighted by molar-refractivity contribution is 1.34. The van der Waals surface area contributed by atoms with E-state index in [1.54, 1.807) is 23.5 Å². The molecule has 0 spiro atoms. The van der Waals surface area contributed by atoms with Crippen LogP contribution in [0.5, 0.6) is 0 Å². The summed E-state index contributed by atoms with van der Waals surface area (Å²) in [6.07, 6.45) is 2.09. The first-order valence-electron chi connectivity index (χ1n) is 4.85. The third-order valence-corrected chi connectivity index (χ3v) is 4.40. The van der Waals surface area contributed by atoms with E-state index >= 15 is 0 Å². The van der Waals surface area contributed by atoms with Crippen molar-refractivity contribution in [3.63, 3.8) is 0 Å². The van der Waals surface area contributed by atoms with Gasteiger partial charge in [0.1, 0.15) is 0 Å². The van der Waals surface area contributed by atoms with Crippen LogP contribution in [0.1, 0.15) is 0 Å². The van der Waals surface area contributed by atoms with Crippen molar-refractivity contribution in [2.45, 2.75) is 14.7 Å². The van der Waals surface area contributed by atoms with E-state index in [2.05, 4.69) is 70.7 Å². The van der Waals surface area contributed by atoms with Crippen molar-refractivity contribution < 1.29 is 0 Å². The van der Waals surface area contributed by atoms with Crippen molar-refractivity contribution in [1.29, 1.82) is 0 Å². The van der Waals surface area contributed by atoms with Gasteiger partial charge in [-0.3, -0.25) is 0 Å². The van der Waals surface area contributed by atoms with Crippen molar-refractivity contribution in [3.8, 4) is 0 Å². The standard InChI is InChI=1S/C13H11BrS2/c1-15-11-6-8-13(9-7-11)16-12-4-2-10(14)3-5-12/h2-9H,1H3. The molecule has 3 heteroatoms. The van der Waals surface area contributed by atoms with E-state index in [0.717, 1.165) is 4.47 Å². The molecule has 0 saturated heterocycles. The van der Waals surface area contributed by atoms with E-state index in [-0.39, 0.29) is 0 Å². The quantitative estimate of drug-likeness (QED) is 0.703. The molecule has 0 aliphatic carbocycles. The Labute approximate surface area is 113 Å². The van der Waals surface area contributed by atoms with Gasteiger partial charge in [-0.25, -0.2) is 0 Å². The predicted octanol–water partition coefficient (Wildman–Crippen LogP) is 5.32. The maximum absolute atomic E-state index is 3.44. The van der Waals surface area contributed by atoms with Crippen LogP contribution in [0.4, 0.5) is 0 Å². The monoisotopic (exact) mass is 310 g/mol. The number of thioether (sulfide) groups is 1. The van der Waals surface area contributed by atoms with Crippen LogP contribution in [0.15, 0.2) is 67.7 Å². The molecule has 2 aromatic carbocycles.